The molecule has 4 heteroatoms. The Kier molecular flexibility index (Phi) is 3.43. The SMILES string of the molecule is CC1(C)C(C(=O)O)C1/C(=C/Cl)c1ccccc1Cl. The summed E-state index contributed by atoms with van der Waals surface area (Å²) in [5, 5.41) is 9.81. The van der Waals surface area contributed by atoms with Crippen molar-refractivity contribution >= 4 is 34.7 Å². The van der Waals surface area contributed by atoms with Crippen LogP contribution in [0.3, 0.4) is 0 Å². The van der Waals surface area contributed by atoms with E-state index < -0.39 is 11.9 Å². The summed E-state index contributed by atoms with van der Waals surface area (Å²) in [5.74, 6) is -1.28. The van der Waals surface area contributed by atoms with Crippen LogP contribution in [0.4, 0.5) is 0 Å². The Balaban J connectivity index is 2.39. The minimum absolute atomic E-state index is 0.0904. The lowest BCUT2D eigenvalue weighted by Crippen LogP contribution is -2.03. The maximum atomic E-state index is 11.2. The molecule has 0 aromatic heterocycles. The molecule has 1 aliphatic carbocycles. The van der Waals surface area contributed by atoms with Gasteiger partial charge in [0.25, 0.3) is 0 Å². The van der Waals surface area contributed by atoms with Crippen molar-refractivity contribution in [2.75, 3.05) is 0 Å². The van der Waals surface area contributed by atoms with E-state index in [1.807, 2.05) is 32.0 Å². The topological polar surface area (TPSA) is 37.3 Å². The molecule has 0 saturated heterocycles. The van der Waals surface area contributed by atoms with Gasteiger partial charge >= 0.3 is 5.97 Å². The second kappa shape index (κ2) is 4.60. The van der Waals surface area contributed by atoms with Crippen molar-refractivity contribution in [3.05, 3.63) is 40.4 Å². The monoisotopic (exact) mass is 284 g/mol. The molecule has 18 heavy (non-hydrogen) atoms. The molecule has 1 saturated carbocycles. The molecule has 2 atom stereocenters. The van der Waals surface area contributed by atoms with Gasteiger partial charge in [-0.05, 0) is 22.6 Å². The maximum absolute atomic E-state index is 11.2. The Morgan fingerprint density at radius 2 is 1.94 bits per heavy atom. The normalized spacial score (nSPS) is 25.9. The van der Waals surface area contributed by atoms with Crippen LogP contribution in [0, 0.1) is 17.3 Å². The van der Waals surface area contributed by atoms with Crippen LogP contribution < -0.4 is 0 Å². The van der Waals surface area contributed by atoms with Crippen molar-refractivity contribution in [1.82, 2.24) is 0 Å². The molecule has 2 unspecified atom stereocenters. The highest BCUT2D eigenvalue weighted by Gasteiger charge is 2.63. The zero-order valence-corrected chi connectivity index (χ0v) is 11.7. The van der Waals surface area contributed by atoms with Gasteiger partial charge in [-0.2, -0.15) is 0 Å². The molecule has 2 nitrogen and oxygen atoms in total. The van der Waals surface area contributed by atoms with E-state index in [-0.39, 0.29) is 11.3 Å². The minimum Gasteiger partial charge on any atom is -0.481 e. The van der Waals surface area contributed by atoms with Gasteiger partial charge in [0.05, 0.1) is 5.92 Å². The zero-order chi connectivity index (χ0) is 13.5. The molecule has 0 aliphatic heterocycles. The molecule has 1 N–H and O–H groups in total. The van der Waals surface area contributed by atoms with Gasteiger partial charge in [-0.25, -0.2) is 0 Å². The lowest BCUT2D eigenvalue weighted by atomic mass is 9.98. The third-order valence-corrected chi connectivity index (χ3v) is 4.30. The molecule has 0 heterocycles. The van der Waals surface area contributed by atoms with Crippen molar-refractivity contribution < 1.29 is 9.90 Å². The van der Waals surface area contributed by atoms with E-state index in [4.69, 9.17) is 23.2 Å². The largest absolute Gasteiger partial charge is 0.481 e. The van der Waals surface area contributed by atoms with Crippen LogP contribution in [-0.4, -0.2) is 11.1 Å². The molecule has 0 bridgehead atoms. The molecule has 0 radical (unpaired) electrons. The average Bonchev–Trinajstić information content (AvgIpc) is 2.86. The minimum atomic E-state index is -0.784. The molecule has 1 fully saturated rings. The summed E-state index contributed by atoms with van der Waals surface area (Å²) in [7, 11) is 0. The average molecular weight is 285 g/mol. The first kappa shape index (κ1) is 13.4. The van der Waals surface area contributed by atoms with Gasteiger partial charge in [0.1, 0.15) is 0 Å². The van der Waals surface area contributed by atoms with Crippen molar-refractivity contribution in [2.24, 2.45) is 17.3 Å². The first-order chi connectivity index (χ1) is 8.41. The number of rotatable bonds is 3. The standard InChI is InChI=1S/C14H14Cl2O2/c1-14(2)11(12(14)13(17)18)9(7-15)8-5-3-4-6-10(8)16/h3-7,11-12H,1-2H3,(H,17,18)/b9-7+. The summed E-state index contributed by atoms with van der Waals surface area (Å²) >= 11 is 12.0. The van der Waals surface area contributed by atoms with Crippen molar-refractivity contribution in [1.29, 1.82) is 0 Å². The number of benzene rings is 1. The molecule has 1 aromatic carbocycles. The highest BCUT2D eigenvalue weighted by Crippen LogP contribution is 2.64. The maximum Gasteiger partial charge on any atom is 0.307 e. The third-order valence-electron chi connectivity index (χ3n) is 3.73. The Hall–Kier alpha value is -0.990. The van der Waals surface area contributed by atoms with Gasteiger partial charge in [0.2, 0.25) is 0 Å². The van der Waals surface area contributed by atoms with Crippen LogP contribution in [0.25, 0.3) is 5.57 Å². The van der Waals surface area contributed by atoms with Crippen LogP contribution >= 0.6 is 23.2 Å². The van der Waals surface area contributed by atoms with Crippen LogP contribution in [0.15, 0.2) is 29.8 Å². The summed E-state index contributed by atoms with van der Waals surface area (Å²) < 4.78 is 0. The van der Waals surface area contributed by atoms with Crippen LogP contribution in [-0.2, 0) is 4.79 Å². The first-order valence-corrected chi connectivity index (χ1v) is 6.50. The third kappa shape index (κ3) is 2.04. The van der Waals surface area contributed by atoms with Crippen molar-refractivity contribution in [3.8, 4) is 0 Å². The molecule has 2 rings (SSSR count). The smallest absolute Gasteiger partial charge is 0.307 e. The van der Waals surface area contributed by atoms with E-state index in [2.05, 4.69) is 0 Å². The van der Waals surface area contributed by atoms with Crippen molar-refractivity contribution in [2.45, 2.75) is 13.8 Å². The Labute approximate surface area is 116 Å². The number of carbonyl (C=O) groups is 1. The van der Waals surface area contributed by atoms with Crippen LogP contribution in [0.1, 0.15) is 19.4 Å². The van der Waals surface area contributed by atoms with Crippen LogP contribution in [0.5, 0.6) is 0 Å². The van der Waals surface area contributed by atoms with E-state index in [0.29, 0.717) is 5.02 Å². The number of carboxylic acid groups (broad SMARTS) is 1. The number of hydrogen-bond acceptors (Lipinski definition) is 1. The number of aliphatic carboxylic acids is 1. The van der Waals surface area contributed by atoms with Gasteiger partial charge in [0, 0.05) is 16.5 Å². The highest BCUT2D eigenvalue weighted by molar-refractivity contribution is 6.33. The van der Waals surface area contributed by atoms with E-state index in [0.717, 1.165) is 11.1 Å². The molecule has 0 spiro atoms. The predicted molar refractivity (Wildman–Crippen MR) is 73.7 cm³/mol. The summed E-state index contributed by atoms with van der Waals surface area (Å²) in [5.41, 5.74) is 2.79. The number of carboxylic acids is 1. The van der Waals surface area contributed by atoms with Gasteiger partial charge in [-0.3, -0.25) is 4.79 Å². The summed E-state index contributed by atoms with van der Waals surface area (Å²) in [6, 6.07) is 7.35. The molecule has 1 aliphatic rings. The fourth-order valence-electron chi connectivity index (χ4n) is 2.67. The second-order valence-electron chi connectivity index (χ2n) is 5.16. The second-order valence-corrected chi connectivity index (χ2v) is 5.78. The van der Waals surface area contributed by atoms with Crippen LogP contribution in [0.2, 0.25) is 5.02 Å². The van der Waals surface area contributed by atoms with Gasteiger partial charge in [-0.1, -0.05) is 55.2 Å². The molecule has 1 aromatic rings. The van der Waals surface area contributed by atoms with E-state index in [9.17, 15) is 9.90 Å². The lowest BCUT2D eigenvalue weighted by Gasteiger charge is -2.09. The molecule has 0 amide bonds. The van der Waals surface area contributed by atoms with Gasteiger partial charge in [-0.15, -0.1) is 0 Å². The molecular formula is C14H14Cl2O2. The Morgan fingerprint density at radius 3 is 2.39 bits per heavy atom. The fourth-order valence-corrected chi connectivity index (χ4v) is 3.17. The van der Waals surface area contributed by atoms with Gasteiger partial charge < -0.3 is 5.11 Å². The summed E-state index contributed by atoms with van der Waals surface area (Å²) in [6.45, 7) is 3.88. The van der Waals surface area contributed by atoms with Crippen molar-refractivity contribution in [3.63, 3.8) is 0 Å². The summed E-state index contributed by atoms with van der Waals surface area (Å²) in [4.78, 5) is 11.2. The van der Waals surface area contributed by atoms with E-state index >= 15 is 0 Å². The summed E-state index contributed by atoms with van der Waals surface area (Å²) in [6.07, 6.45) is 0. The number of halogens is 2. The predicted octanol–water partition coefficient (Wildman–Crippen LogP) is 4.28. The fraction of sp³-hybridized carbons (Fsp3) is 0.357. The molecule has 96 valence electrons. The number of allylic oxidation sites excluding steroid dienone is 1. The number of hydrogen-bond donors (Lipinski definition) is 1. The highest BCUT2D eigenvalue weighted by atomic mass is 35.5. The van der Waals surface area contributed by atoms with E-state index in [1.165, 1.54) is 5.54 Å². The van der Waals surface area contributed by atoms with E-state index in [1.54, 1.807) is 6.07 Å². The Bertz CT molecular complexity index is 520. The zero-order valence-electron chi connectivity index (χ0n) is 10.2. The Morgan fingerprint density at radius 1 is 1.33 bits per heavy atom. The van der Waals surface area contributed by atoms with Gasteiger partial charge in [0.15, 0.2) is 0 Å². The lowest BCUT2D eigenvalue weighted by molar-refractivity contribution is -0.139. The quantitative estimate of drug-likeness (QED) is 0.900. The first-order valence-electron chi connectivity index (χ1n) is 5.69. The molecular weight excluding hydrogens is 271 g/mol.